The molecule has 0 aliphatic heterocycles. The normalized spacial score (nSPS) is 15.4. The Morgan fingerprint density at radius 3 is 3.12 bits per heavy atom. The standard InChI is InChI=1S/C12H17N5/c1-17-11(4-5-15-17)10-7-14-12(16-10)8-13-6-9-2-3-9/h4-5,7,9,13H,2-3,6,8H2,1H3,(H,14,16). The molecule has 0 amide bonds. The van der Waals surface area contributed by atoms with E-state index < -0.39 is 0 Å². The predicted octanol–water partition coefficient (Wildman–Crippen LogP) is 1.31. The fraction of sp³-hybridized carbons (Fsp3) is 0.500. The molecular formula is C12H17N5. The molecule has 0 saturated heterocycles. The molecule has 5 nitrogen and oxygen atoms in total. The van der Waals surface area contributed by atoms with Crippen LogP contribution in [0.1, 0.15) is 18.7 Å². The molecule has 3 rings (SSSR count). The van der Waals surface area contributed by atoms with Crippen molar-refractivity contribution >= 4 is 0 Å². The summed E-state index contributed by atoms with van der Waals surface area (Å²) in [5.74, 6) is 1.89. The number of aryl methyl sites for hydroxylation is 1. The topological polar surface area (TPSA) is 58.5 Å². The van der Waals surface area contributed by atoms with Crippen LogP contribution in [-0.2, 0) is 13.6 Å². The Balaban J connectivity index is 1.63. The van der Waals surface area contributed by atoms with E-state index in [0.717, 1.165) is 36.2 Å². The van der Waals surface area contributed by atoms with Crippen molar-refractivity contribution in [3.8, 4) is 11.4 Å². The third-order valence-electron chi connectivity index (χ3n) is 3.15. The maximum Gasteiger partial charge on any atom is 0.120 e. The molecule has 5 heteroatoms. The molecule has 2 aromatic heterocycles. The first kappa shape index (κ1) is 10.5. The molecule has 0 atom stereocenters. The molecule has 1 aliphatic rings. The minimum absolute atomic E-state index is 0.814. The average molecular weight is 231 g/mol. The third kappa shape index (κ3) is 2.39. The second kappa shape index (κ2) is 4.33. The highest BCUT2D eigenvalue weighted by Gasteiger charge is 2.20. The van der Waals surface area contributed by atoms with Gasteiger partial charge in [0.15, 0.2) is 0 Å². The zero-order valence-corrected chi connectivity index (χ0v) is 9.98. The van der Waals surface area contributed by atoms with E-state index in [2.05, 4.69) is 20.4 Å². The van der Waals surface area contributed by atoms with Gasteiger partial charge in [-0.05, 0) is 31.4 Å². The van der Waals surface area contributed by atoms with Crippen molar-refractivity contribution in [3.05, 3.63) is 24.3 Å². The quantitative estimate of drug-likeness (QED) is 0.815. The molecule has 0 unspecified atom stereocenters. The van der Waals surface area contributed by atoms with Crippen molar-refractivity contribution < 1.29 is 0 Å². The number of hydrogen-bond acceptors (Lipinski definition) is 3. The number of H-pyrrole nitrogens is 1. The van der Waals surface area contributed by atoms with Gasteiger partial charge in [-0.15, -0.1) is 0 Å². The zero-order valence-electron chi connectivity index (χ0n) is 9.98. The SMILES string of the molecule is Cn1nccc1-c1cnc(CNCC2CC2)[nH]1. The van der Waals surface area contributed by atoms with Gasteiger partial charge < -0.3 is 10.3 Å². The maximum atomic E-state index is 4.37. The van der Waals surface area contributed by atoms with Gasteiger partial charge in [0.2, 0.25) is 0 Å². The number of nitrogens with zero attached hydrogens (tertiary/aromatic N) is 3. The van der Waals surface area contributed by atoms with E-state index in [-0.39, 0.29) is 0 Å². The molecule has 2 heterocycles. The van der Waals surface area contributed by atoms with Crippen molar-refractivity contribution in [2.24, 2.45) is 13.0 Å². The van der Waals surface area contributed by atoms with Crippen molar-refractivity contribution in [1.82, 2.24) is 25.1 Å². The Hall–Kier alpha value is -1.62. The van der Waals surface area contributed by atoms with Crippen molar-refractivity contribution in [1.29, 1.82) is 0 Å². The lowest BCUT2D eigenvalue weighted by molar-refractivity contribution is 0.623. The first-order valence-corrected chi connectivity index (χ1v) is 6.06. The Morgan fingerprint density at radius 2 is 2.41 bits per heavy atom. The zero-order chi connectivity index (χ0) is 11.7. The second-order valence-electron chi connectivity index (χ2n) is 4.66. The summed E-state index contributed by atoms with van der Waals surface area (Å²) in [6, 6.07) is 1.98. The van der Waals surface area contributed by atoms with Gasteiger partial charge >= 0.3 is 0 Å². The van der Waals surface area contributed by atoms with Gasteiger partial charge in [0.25, 0.3) is 0 Å². The first-order chi connectivity index (χ1) is 8.33. The van der Waals surface area contributed by atoms with E-state index in [9.17, 15) is 0 Å². The minimum atomic E-state index is 0.814. The number of hydrogen-bond donors (Lipinski definition) is 2. The molecule has 1 fully saturated rings. The highest BCUT2D eigenvalue weighted by Crippen LogP contribution is 2.27. The van der Waals surface area contributed by atoms with E-state index in [1.54, 1.807) is 6.20 Å². The minimum Gasteiger partial charge on any atom is -0.340 e. The van der Waals surface area contributed by atoms with Crippen LogP contribution < -0.4 is 5.32 Å². The summed E-state index contributed by atoms with van der Waals surface area (Å²) in [6.07, 6.45) is 6.42. The van der Waals surface area contributed by atoms with Gasteiger partial charge in [0, 0.05) is 13.2 Å². The lowest BCUT2D eigenvalue weighted by Gasteiger charge is -2.00. The number of aromatic nitrogens is 4. The van der Waals surface area contributed by atoms with E-state index in [1.165, 1.54) is 12.8 Å². The summed E-state index contributed by atoms with van der Waals surface area (Å²) in [5, 5.41) is 7.57. The molecule has 0 aromatic carbocycles. The number of nitrogens with one attached hydrogen (secondary N) is 2. The Bertz CT molecular complexity index is 494. The highest BCUT2D eigenvalue weighted by molar-refractivity contribution is 5.52. The molecule has 2 N–H and O–H groups in total. The summed E-state index contributed by atoms with van der Waals surface area (Å²) < 4.78 is 1.84. The molecule has 0 radical (unpaired) electrons. The lowest BCUT2D eigenvalue weighted by atomic mass is 10.3. The summed E-state index contributed by atoms with van der Waals surface area (Å²) in [5.41, 5.74) is 2.08. The lowest BCUT2D eigenvalue weighted by Crippen LogP contribution is -2.16. The first-order valence-electron chi connectivity index (χ1n) is 6.06. The van der Waals surface area contributed by atoms with Crippen LogP contribution in [0, 0.1) is 5.92 Å². The van der Waals surface area contributed by atoms with Crippen molar-refractivity contribution in [3.63, 3.8) is 0 Å². The van der Waals surface area contributed by atoms with Crippen molar-refractivity contribution in [2.75, 3.05) is 6.54 Å². The fourth-order valence-electron chi connectivity index (χ4n) is 1.94. The van der Waals surface area contributed by atoms with Gasteiger partial charge in [0.1, 0.15) is 5.82 Å². The number of aromatic amines is 1. The smallest absolute Gasteiger partial charge is 0.120 e. The molecule has 1 aliphatic carbocycles. The van der Waals surface area contributed by atoms with Crippen LogP contribution in [0.5, 0.6) is 0 Å². The van der Waals surface area contributed by atoms with Crippen LogP contribution >= 0.6 is 0 Å². The van der Waals surface area contributed by atoms with Crippen LogP contribution in [0.15, 0.2) is 18.5 Å². The molecule has 1 saturated carbocycles. The van der Waals surface area contributed by atoms with Gasteiger partial charge in [-0.25, -0.2) is 4.98 Å². The molecular weight excluding hydrogens is 214 g/mol. The van der Waals surface area contributed by atoms with E-state index in [4.69, 9.17) is 0 Å². The van der Waals surface area contributed by atoms with Crippen LogP contribution in [0.25, 0.3) is 11.4 Å². The largest absolute Gasteiger partial charge is 0.340 e. The molecule has 17 heavy (non-hydrogen) atoms. The Kier molecular flexibility index (Phi) is 2.68. The number of rotatable bonds is 5. The van der Waals surface area contributed by atoms with Gasteiger partial charge in [-0.2, -0.15) is 5.10 Å². The van der Waals surface area contributed by atoms with E-state index in [1.807, 2.05) is 24.0 Å². The van der Waals surface area contributed by atoms with E-state index in [0.29, 0.717) is 0 Å². The summed E-state index contributed by atoms with van der Waals surface area (Å²) in [6.45, 7) is 1.93. The van der Waals surface area contributed by atoms with Gasteiger partial charge in [0.05, 0.1) is 24.1 Å². The van der Waals surface area contributed by atoms with Crippen LogP contribution in [0.4, 0.5) is 0 Å². The molecule has 0 bridgehead atoms. The van der Waals surface area contributed by atoms with Crippen molar-refractivity contribution in [2.45, 2.75) is 19.4 Å². The Morgan fingerprint density at radius 1 is 1.53 bits per heavy atom. The van der Waals surface area contributed by atoms with Crippen LogP contribution in [0.3, 0.4) is 0 Å². The monoisotopic (exact) mass is 231 g/mol. The molecule has 0 spiro atoms. The average Bonchev–Trinajstić information content (AvgIpc) is 2.85. The second-order valence-corrected chi connectivity index (χ2v) is 4.66. The van der Waals surface area contributed by atoms with Crippen LogP contribution in [-0.4, -0.2) is 26.3 Å². The fourth-order valence-corrected chi connectivity index (χ4v) is 1.94. The summed E-state index contributed by atoms with van der Waals surface area (Å²) in [4.78, 5) is 7.69. The molecule has 90 valence electrons. The summed E-state index contributed by atoms with van der Waals surface area (Å²) in [7, 11) is 1.93. The third-order valence-corrected chi connectivity index (χ3v) is 3.15. The van der Waals surface area contributed by atoms with Crippen LogP contribution in [0.2, 0.25) is 0 Å². The number of imidazole rings is 1. The summed E-state index contributed by atoms with van der Waals surface area (Å²) >= 11 is 0. The van der Waals surface area contributed by atoms with Gasteiger partial charge in [-0.1, -0.05) is 0 Å². The predicted molar refractivity (Wildman–Crippen MR) is 65.2 cm³/mol. The maximum absolute atomic E-state index is 4.37. The highest BCUT2D eigenvalue weighted by atomic mass is 15.3. The van der Waals surface area contributed by atoms with E-state index >= 15 is 0 Å². The molecule has 2 aromatic rings. The van der Waals surface area contributed by atoms with Gasteiger partial charge in [-0.3, -0.25) is 4.68 Å². The Labute approximate surface area is 100 Å².